The zero-order chi connectivity index (χ0) is 32.9. The fraction of sp³-hybridized carbons (Fsp3) is 0.405. The van der Waals surface area contributed by atoms with E-state index in [-0.39, 0.29) is 17.2 Å². The molecule has 2 aromatic heterocycles. The molecule has 1 unspecified atom stereocenters. The highest BCUT2D eigenvalue weighted by atomic mass is 32.2. The number of carbonyl (C=O) groups is 2. The predicted octanol–water partition coefficient (Wildman–Crippen LogP) is 8.64. The van der Waals surface area contributed by atoms with Crippen molar-refractivity contribution in [3.63, 3.8) is 0 Å². The van der Waals surface area contributed by atoms with Gasteiger partial charge in [0.1, 0.15) is 11.8 Å². The molecule has 0 aliphatic carbocycles. The zero-order valence-corrected chi connectivity index (χ0v) is 29.2. The Morgan fingerprint density at radius 3 is 2.15 bits per heavy atom. The first-order valence-electron chi connectivity index (χ1n) is 16.1. The van der Waals surface area contributed by atoms with Crippen molar-refractivity contribution in [2.24, 2.45) is 0 Å². The van der Waals surface area contributed by atoms with Crippen molar-refractivity contribution in [2.75, 3.05) is 12.4 Å². The third-order valence-corrected chi connectivity index (χ3v) is 9.66. The first-order valence-corrected chi connectivity index (χ1v) is 18.0. The molecule has 0 saturated carbocycles. The monoisotopic (exact) mass is 658 g/mol. The second-order valence-corrected chi connectivity index (χ2v) is 14.5. The number of ether oxygens (including phenoxy) is 1. The maximum absolute atomic E-state index is 13.1. The first kappa shape index (κ1) is 35.2. The van der Waals surface area contributed by atoms with Crippen LogP contribution in [0.4, 0.5) is 0 Å². The number of unbranched alkanes of at least 4 members (excludes halogenated alkanes) is 4. The van der Waals surface area contributed by atoms with Gasteiger partial charge >= 0.3 is 0 Å². The number of rotatable bonds is 16. The Labute approximate surface area is 282 Å². The fourth-order valence-electron chi connectivity index (χ4n) is 4.81. The highest BCUT2D eigenvalue weighted by Crippen LogP contribution is 2.29. The van der Waals surface area contributed by atoms with E-state index in [1.165, 1.54) is 49.0 Å². The molecular formula is C37H46N4O3S2. The topological polar surface area (TPSA) is 93.2 Å². The number of benzene rings is 2. The summed E-state index contributed by atoms with van der Waals surface area (Å²) in [4.78, 5) is 37.1. The van der Waals surface area contributed by atoms with Crippen molar-refractivity contribution in [3.05, 3.63) is 88.4 Å². The second kappa shape index (κ2) is 17.3. The van der Waals surface area contributed by atoms with Crippen molar-refractivity contribution >= 4 is 35.1 Å². The SMILES string of the molecule is CCCCCCCOc1ccc(-c2cnc(-c3ccc(CC(NC(=O)c4ccc(C(C)(C)C)s4)C(=O)NSCC)cc3)nc2)cc1. The molecule has 244 valence electrons. The quantitative estimate of drug-likeness (QED) is 0.0925. The van der Waals surface area contributed by atoms with Gasteiger partial charge in [0.05, 0.1) is 11.5 Å². The molecule has 7 nitrogen and oxygen atoms in total. The Morgan fingerprint density at radius 1 is 0.848 bits per heavy atom. The van der Waals surface area contributed by atoms with Gasteiger partial charge in [-0.3, -0.25) is 14.3 Å². The fourth-order valence-corrected chi connectivity index (χ4v) is 6.20. The van der Waals surface area contributed by atoms with Crippen LogP contribution >= 0.6 is 23.3 Å². The average molecular weight is 659 g/mol. The van der Waals surface area contributed by atoms with E-state index in [9.17, 15) is 9.59 Å². The van der Waals surface area contributed by atoms with E-state index in [4.69, 9.17) is 4.74 Å². The summed E-state index contributed by atoms with van der Waals surface area (Å²) in [5.74, 6) is 1.76. The van der Waals surface area contributed by atoms with Crippen LogP contribution in [0.15, 0.2) is 73.1 Å². The molecule has 2 aromatic carbocycles. The van der Waals surface area contributed by atoms with Crippen molar-refractivity contribution in [3.8, 4) is 28.3 Å². The summed E-state index contributed by atoms with van der Waals surface area (Å²) in [7, 11) is 0. The number of nitrogens with one attached hydrogen (secondary N) is 2. The number of aromatic nitrogens is 2. The smallest absolute Gasteiger partial charge is 0.262 e. The summed E-state index contributed by atoms with van der Waals surface area (Å²) in [6.45, 7) is 11.3. The molecular weight excluding hydrogens is 613 g/mol. The molecule has 2 N–H and O–H groups in total. The van der Waals surface area contributed by atoms with E-state index < -0.39 is 6.04 Å². The Balaban J connectivity index is 1.37. The van der Waals surface area contributed by atoms with Crippen LogP contribution in [0, 0.1) is 0 Å². The molecule has 4 rings (SSSR count). The molecule has 0 spiro atoms. The number of hydrogen-bond donors (Lipinski definition) is 2. The van der Waals surface area contributed by atoms with E-state index in [0.717, 1.165) is 51.7 Å². The first-order chi connectivity index (χ1) is 22.2. The predicted molar refractivity (Wildman–Crippen MR) is 191 cm³/mol. The number of nitrogens with zero attached hydrogens (tertiary/aromatic N) is 2. The van der Waals surface area contributed by atoms with E-state index >= 15 is 0 Å². The minimum absolute atomic E-state index is 0.0444. The van der Waals surface area contributed by atoms with Gasteiger partial charge in [-0.25, -0.2) is 9.97 Å². The minimum atomic E-state index is -0.712. The lowest BCUT2D eigenvalue weighted by Gasteiger charge is -2.18. The summed E-state index contributed by atoms with van der Waals surface area (Å²) in [6.07, 6.45) is 10.1. The normalized spacial score (nSPS) is 12.0. The summed E-state index contributed by atoms with van der Waals surface area (Å²) in [6, 6.07) is 19.0. The van der Waals surface area contributed by atoms with E-state index in [1.807, 2.05) is 80.0 Å². The standard InChI is InChI=1S/C37H46N4O3S2/c1-6-8-9-10-11-22-44-30-18-16-27(17-19-30)29-24-38-34(39-25-29)28-14-12-26(13-15-28)23-31(35(42)41-45-7-2)40-36(43)32-20-21-33(46-32)37(3,4)5/h12-21,24-25,31H,6-11,22-23H2,1-5H3,(H,40,43)(H,41,42). The molecule has 0 fully saturated rings. The van der Waals surface area contributed by atoms with Gasteiger partial charge in [-0.2, -0.15) is 0 Å². The largest absolute Gasteiger partial charge is 0.494 e. The summed E-state index contributed by atoms with van der Waals surface area (Å²) < 4.78 is 8.75. The van der Waals surface area contributed by atoms with E-state index in [2.05, 4.69) is 47.7 Å². The third kappa shape index (κ3) is 10.4. The number of thiophene rings is 1. The van der Waals surface area contributed by atoms with Gasteiger partial charge < -0.3 is 10.1 Å². The molecule has 0 radical (unpaired) electrons. The Bertz CT molecular complexity index is 1530. The molecule has 0 saturated heterocycles. The summed E-state index contributed by atoms with van der Waals surface area (Å²) in [5.41, 5.74) is 3.71. The maximum atomic E-state index is 13.1. The maximum Gasteiger partial charge on any atom is 0.262 e. The van der Waals surface area contributed by atoms with Crippen LogP contribution < -0.4 is 14.8 Å². The summed E-state index contributed by atoms with van der Waals surface area (Å²) >= 11 is 2.78. The van der Waals surface area contributed by atoms with Crippen LogP contribution in [0.3, 0.4) is 0 Å². The van der Waals surface area contributed by atoms with Gasteiger partial charge in [0, 0.05) is 40.6 Å². The van der Waals surface area contributed by atoms with Crippen LogP contribution in [0.25, 0.3) is 22.5 Å². The molecule has 0 bridgehead atoms. The second-order valence-electron chi connectivity index (χ2n) is 12.3. The minimum Gasteiger partial charge on any atom is -0.494 e. The molecule has 4 aromatic rings. The molecule has 1 atom stereocenters. The van der Waals surface area contributed by atoms with Gasteiger partial charge in [0.2, 0.25) is 0 Å². The van der Waals surface area contributed by atoms with Gasteiger partial charge in [-0.05, 0) is 47.2 Å². The lowest BCUT2D eigenvalue weighted by molar-refractivity contribution is -0.121. The highest BCUT2D eigenvalue weighted by Gasteiger charge is 2.24. The van der Waals surface area contributed by atoms with Crippen LogP contribution in [0.2, 0.25) is 0 Å². The lowest BCUT2D eigenvalue weighted by atomic mass is 9.95. The van der Waals surface area contributed by atoms with Crippen molar-refractivity contribution < 1.29 is 14.3 Å². The third-order valence-electron chi connectivity index (χ3n) is 7.52. The number of carbonyl (C=O) groups excluding carboxylic acids is 2. The Kier molecular flexibility index (Phi) is 13.2. The Hall–Kier alpha value is -3.69. The molecule has 2 heterocycles. The van der Waals surface area contributed by atoms with Gasteiger partial charge in [-0.1, -0.05) is 109 Å². The average Bonchev–Trinajstić information content (AvgIpc) is 3.58. The van der Waals surface area contributed by atoms with E-state index in [1.54, 1.807) is 0 Å². The lowest BCUT2D eigenvalue weighted by Crippen LogP contribution is -2.46. The van der Waals surface area contributed by atoms with Crippen molar-refractivity contribution in [2.45, 2.75) is 84.6 Å². The molecule has 2 amide bonds. The number of amides is 2. The van der Waals surface area contributed by atoms with Gasteiger partial charge in [-0.15, -0.1) is 11.3 Å². The zero-order valence-electron chi connectivity index (χ0n) is 27.6. The van der Waals surface area contributed by atoms with Gasteiger partial charge in [0.25, 0.3) is 11.8 Å². The van der Waals surface area contributed by atoms with E-state index in [0.29, 0.717) is 17.1 Å². The van der Waals surface area contributed by atoms with Crippen molar-refractivity contribution in [1.82, 2.24) is 20.0 Å². The van der Waals surface area contributed by atoms with Crippen LogP contribution in [-0.2, 0) is 16.6 Å². The molecule has 0 aliphatic rings. The van der Waals surface area contributed by atoms with Gasteiger partial charge in [0.15, 0.2) is 5.82 Å². The van der Waals surface area contributed by atoms with Crippen LogP contribution in [0.1, 0.15) is 86.8 Å². The molecule has 46 heavy (non-hydrogen) atoms. The van der Waals surface area contributed by atoms with Crippen LogP contribution in [-0.4, -0.2) is 40.2 Å². The van der Waals surface area contributed by atoms with Crippen molar-refractivity contribution in [1.29, 1.82) is 0 Å². The molecule has 9 heteroatoms. The highest BCUT2D eigenvalue weighted by molar-refractivity contribution is 7.97. The Morgan fingerprint density at radius 2 is 1.52 bits per heavy atom. The summed E-state index contributed by atoms with van der Waals surface area (Å²) in [5, 5.41) is 2.96. The number of hydrogen-bond acceptors (Lipinski definition) is 7. The molecule has 0 aliphatic heterocycles. The van der Waals surface area contributed by atoms with Crippen LogP contribution in [0.5, 0.6) is 5.75 Å².